The number of carbonyl (C=O) groups is 1. The third kappa shape index (κ3) is 4.42. The Morgan fingerprint density at radius 3 is 2.73 bits per heavy atom. The van der Waals surface area contributed by atoms with Gasteiger partial charge in [-0.3, -0.25) is 9.78 Å². The molecule has 0 unspecified atom stereocenters. The lowest BCUT2D eigenvalue weighted by molar-refractivity contribution is -0.138. The standard InChI is InChI=1S/C20H21F3N2O/c21-20(22,23)18-8-2-1-6-16(18)10-9-15-5-4-12-25(14-15)19(26)17-7-3-11-24-13-17/h1-3,6-8,11,13,15H,4-5,9-10,12,14H2/t15-/m0/s1. The fraction of sp³-hybridized carbons (Fsp3) is 0.400. The first-order chi connectivity index (χ1) is 12.4. The number of likely N-dealkylation sites (tertiary alicyclic amines) is 1. The largest absolute Gasteiger partial charge is 0.416 e. The lowest BCUT2D eigenvalue weighted by Gasteiger charge is -2.33. The number of aromatic nitrogens is 1. The van der Waals surface area contributed by atoms with E-state index in [0.717, 1.165) is 18.9 Å². The number of hydrogen-bond acceptors (Lipinski definition) is 2. The van der Waals surface area contributed by atoms with Crippen LogP contribution in [0.15, 0.2) is 48.8 Å². The minimum atomic E-state index is -4.33. The highest BCUT2D eigenvalue weighted by atomic mass is 19.4. The van der Waals surface area contributed by atoms with Gasteiger partial charge in [-0.25, -0.2) is 0 Å². The Bertz CT molecular complexity index is 746. The zero-order chi connectivity index (χ0) is 18.6. The molecule has 1 aromatic heterocycles. The quantitative estimate of drug-likeness (QED) is 0.797. The Kier molecular flexibility index (Phi) is 5.59. The lowest BCUT2D eigenvalue weighted by atomic mass is 9.90. The number of amides is 1. The van der Waals surface area contributed by atoms with Crippen LogP contribution in [0.5, 0.6) is 0 Å². The molecule has 3 nitrogen and oxygen atoms in total. The fourth-order valence-electron chi connectivity index (χ4n) is 3.53. The molecule has 1 atom stereocenters. The summed E-state index contributed by atoms with van der Waals surface area (Å²) in [6, 6.07) is 9.20. The Morgan fingerprint density at radius 2 is 2.00 bits per heavy atom. The van der Waals surface area contributed by atoms with Crippen molar-refractivity contribution in [3.8, 4) is 0 Å². The highest BCUT2D eigenvalue weighted by Gasteiger charge is 2.33. The highest BCUT2D eigenvalue weighted by Crippen LogP contribution is 2.33. The lowest BCUT2D eigenvalue weighted by Crippen LogP contribution is -2.40. The Morgan fingerprint density at radius 1 is 1.19 bits per heavy atom. The fourth-order valence-corrected chi connectivity index (χ4v) is 3.53. The average Bonchev–Trinajstić information content (AvgIpc) is 2.66. The van der Waals surface area contributed by atoms with Gasteiger partial charge in [-0.1, -0.05) is 18.2 Å². The number of alkyl halides is 3. The average molecular weight is 362 g/mol. The van der Waals surface area contributed by atoms with E-state index in [2.05, 4.69) is 4.98 Å². The molecule has 2 aromatic rings. The molecule has 1 fully saturated rings. The molecule has 138 valence electrons. The summed E-state index contributed by atoms with van der Waals surface area (Å²) >= 11 is 0. The molecule has 1 aliphatic rings. The maximum Gasteiger partial charge on any atom is 0.416 e. The van der Waals surface area contributed by atoms with Crippen molar-refractivity contribution in [3.05, 3.63) is 65.5 Å². The van der Waals surface area contributed by atoms with Crippen LogP contribution in [0.2, 0.25) is 0 Å². The second-order valence-electron chi connectivity index (χ2n) is 6.69. The number of halogens is 3. The van der Waals surface area contributed by atoms with Crippen LogP contribution < -0.4 is 0 Å². The van der Waals surface area contributed by atoms with Gasteiger partial charge in [0.15, 0.2) is 0 Å². The van der Waals surface area contributed by atoms with Crippen LogP contribution in [0.25, 0.3) is 0 Å². The van der Waals surface area contributed by atoms with Gasteiger partial charge in [0.1, 0.15) is 0 Å². The third-order valence-electron chi connectivity index (χ3n) is 4.86. The summed E-state index contributed by atoms with van der Waals surface area (Å²) in [6.07, 6.45) is 1.66. The Labute approximate surface area is 150 Å². The second-order valence-corrected chi connectivity index (χ2v) is 6.69. The smallest absolute Gasteiger partial charge is 0.338 e. The van der Waals surface area contributed by atoms with E-state index >= 15 is 0 Å². The maximum atomic E-state index is 13.1. The number of nitrogens with zero attached hydrogens (tertiary/aromatic N) is 2. The predicted molar refractivity (Wildman–Crippen MR) is 92.6 cm³/mol. The van der Waals surface area contributed by atoms with Gasteiger partial charge in [-0.2, -0.15) is 13.2 Å². The van der Waals surface area contributed by atoms with E-state index < -0.39 is 11.7 Å². The van der Waals surface area contributed by atoms with Crippen molar-refractivity contribution in [1.82, 2.24) is 9.88 Å². The first-order valence-electron chi connectivity index (χ1n) is 8.79. The number of piperidine rings is 1. The molecule has 0 saturated carbocycles. The zero-order valence-corrected chi connectivity index (χ0v) is 14.4. The summed E-state index contributed by atoms with van der Waals surface area (Å²) in [5, 5.41) is 0. The van der Waals surface area contributed by atoms with Crippen LogP contribution in [0.1, 0.15) is 40.7 Å². The monoisotopic (exact) mass is 362 g/mol. The molecule has 0 radical (unpaired) electrons. The molecule has 6 heteroatoms. The van der Waals surface area contributed by atoms with Crippen LogP contribution in [-0.2, 0) is 12.6 Å². The summed E-state index contributed by atoms with van der Waals surface area (Å²) in [5.74, 6) is 0.157. The molecule has 1 amide bonds. The number of hydrogen-bond donors (Lipinski definition) is 0. The number of rotatable bonds is 4. The van der Waals surface area contributed by atoms with Crippen LogP contribution in [0, 0.1) is 5.92 Å². The summed E-state index contributed by atoms with van der Waals surface area (Å²) in [4.78, 5) is 18.3. The van der Waals surface area contributed by atoms with Crippen LogP contribution in [0.4, 0.5) is 13.2 Å². The number of carbonyl (C=O) groups excluding carboxylic acids is 1. The van der Waals surface area contributed by atoms with E-state index in [4.69, 9.17) is 0 Å². The SMILES string of the molecule is O=C(c1cccnc1)N1CCC[C@@H](CCc2ccccc2C(F)(F)F)C1. The van der Waals surface area contributed by atoms with Gasteiger partial charge in [-0.05, 0) is 55.4 Å². The molecule has 0 bridgehead atoms. The second kappa shape index (κ2) is 7.89. The van der Waals surface area contributed by atoms with Gasteiger partial charge >= 0.3 is 6.18 Å². The molecular weight excluding hydrogens is 341 g/mol. The summed E-state index contributed by atoms with van der Waals surface area (Å²) in [6.45, 7) is 1.27. The van der Waals surface area contributed by atoms with E-state index in [1.807, 2.05) is 0 Å². The third-order valence-corrected chi connectivity index (χ3v) is 4.86. The molecule has 0 aliphatic carbocycles. The van der Waals surface area contributed by atoms with Crippen molar-refractivity contribution in [2.24, 2.45) is 5.92 Å². The first-order valence-corrected chi connectivity index (χ1v) is 8.79. The number of pyridine rings is 1. The van der Waals surface area contributed by atoms with Crippen molar-refractivity contribution in [1.29, 1.82) is 0 Å². The number of aryl methyl sites for hydroxylation is 1. The maximum absolute atomic E-state index is 13.1. The van der Waals surface area contributed by atoms with Crippen LogP contribution >= 0.6 is 0 Å². The molecule has 0 spiro atoms. The molecule has 1 aromatic carbocycles. The minimum Gasteiger partial charge on any atom is -0.338 e. The molecule has 1 aliphatic heterocycles. The van der Waals surface area contributed by atoms with Crippen molar-refractivity contribution in [2.75, 3.05) is 13.1 Å². The molecule has 26 heavy (non-hydrogen) atoms. The highest BCUT2D eigenvalue weighted by molar-refractivity contribution is 5.93. The van der Waals surface area contributed by atoms with E-state index in [0.29, 0.717) is 37.1 Å². The van der Waals surface area contributed by atoms with Crippen LogP contribution in [0.3, 0.4) is 0 Å². The molecule has 2 heterocycles. The predicted octanol–water partition coefficient (Wildman–Crippen LogP) is 4.59. The zero-order valence-electron chi connectivity index (χ0n) is 14.4. The van der Waals surface area contributed by atoms with Crippen molar-refractivity contribution in [2.45, 2.75) is 31.9 Å². The number of benzene rings is 1. The summed E-state index contributed by atoms with van der Waals surface area (Å²) in [5.41, 5.74) is 0.324. The molecule has 0 N–H and O–H groups in total. The topological polar surface area (TPSA) is 33.2 Å². The van der Waals surface area contributed by atoms with Gasteiger partial charge in [0.05, 0.1) is 11.1 Å². The van der Waals surface area contributed by atoms with Gasteiger partial charge < -0.3 is 4.90 Å². The van der Waals surface area contributed by atoms with Gasteiger partial charge in [0.25, 0.3) is 5.91 Å². The summed E-state index contributed by atoms with van der Waals surface area (Å²) in [7, 11) is 0. The molecule has 1 saturated heterocycles. The Balaban J connectivity index is 1.62. The van der Waals surface area contributed by atoms with Crippen molar-refractivity contribution in [3.63, 3.8) is 0 Å². The van der Waals surface area contributed by atoms with Crippen LogP contribution in [-0.4, -0.2) is 28.9 Å². The summed E-state index contributed by atoms with van der Waals surface area (Å²) < 4.78 is 39.3. The van der Waals surface area contributed by atoms with Gasteiger partial charge in [0, 0.05) is 25.5 Å². The molecular formula is C20H21F3N2O. The normalized spacial score (nSPS) is 18.0. The minimum absolute atomic E-state index is 0.0570. The van der Waals surface area contributed by atoms with Crippen molar-refractivity contribution >= 4 is 5.91 Å². The van der Waals surface area contributed by atoms with Gasteiger partial charge in [0.2, 0.25) is 0 Å². The van der Waals surface area contributed by atoms with E-state index in [1.54, 1.807) is 41.6 Å². The van der Waals surface area contributed by atoms with E-state index in [1.165, 1.54) is 6.07 Å². The molecule has 3 rings (SSSR count). The van der Waals surface area contributed by atoms with Gasteiger partial charge in [-0.15, -0.1) is 0 Å². The van der Waals surface area contributed by atoms with E-state index in [9.17, 15) is 18.0 Å². The van der Waals surface area contributed by atoms with E-state index in [-0.39, 0.29) is 11.8 Å². The Hall–Kier alpha value is -2.37. The first kappa shape index (κ1) is 18.4. The van der Waals surface area contributed by atoms with Crippen molar-refractivity contribution < 1.29 is 18.0 Å².